The molecule has 418 valence electrons. The third kappa shape index (κ3) is 12.5. The van der Waals surface area contributed by atoms with Crippen molar-refractivity contribution < 1.29 is 9.47 Å². The summed E-state index contributed by atoms with van der Waals surface area (Å²) in [6.45, 7) is 0.798. The molecule has 0 saturated carbocycles. The molecule has 0 spiro atoms. The van der Waals surface area contributed by atoms with Gasteiger partial charge >= 0.3 is 0 Å². The lowest BCUT2D eigenvalue weighted by Gasteiger charge is -2.14. The number of rotatable bonds is 17. The van der Waals surface area contributed by atoms with Crippen molar-refractivity contribution in [2.75, 3.05) is 13.2 Å². The smallest absolute Gasteiger partial charge is 0.122 e. The lowest BCUT2D eigenvalue weighted by molar-refractivity contribution is 0.217. The van der Waals surface area contributed by atoms with Crippen LogP contribution in [-0.4, -0.2) is 33.1 Å². The molecule has 14 rings (SSSR count). The zero-order valence-electron chi connectivity index (χ0n) is 48.2. The van der Waals surface area contributed by atoms with E-state index >= 15 is 0 Å². The normalized spacial score (nSPS) is 11.0. The maximum Gasteiger partial charge on any atom is 0.122 e. The first kappa shape index (κ1) is 54.3. The molecule has 0 unspecified atom stereocenters. The molecule has 0 bridgehead atoms. The summed E-state index contributed by atoms with van der Waals surface area (Å²) >= 11 is 0. The van der Waals surface area contributed by atoms with E-state index in [9.17, 15) is 0 Å². The highest BCUT2D eigenvalue weighted by atomic mass is 16.5. The van der Waals surface area contributed by atoms with Gasteiger partial charge in [0, 0.05) is 71.8 Å². The highest BCUT2D eigenvalue weighted by Crippen LogP contribution is 2.40. The maximum absolute atomic E-state index is 6.23. The molecule has 88 heavy (non-hydrogen) atoms. The second kappa shape index (κ2) is 25.3. The van der Waals surface area contributed by atoms with Crippen LogP contribution in [0.4, 0.5) is 0 Å². The predicted octanol–water partition coefficient (Wildman–Crippen LogP) is 20.7. The van der Waals surface area contributed by atoms with Crippen molar-refractivity contribution in [1.82, 2.24) is 19.9 Å². The fourth-order valence-corrected chi connectivity index (χ4v) is 11.5. The summed E-state index contributed by atoms with van der Waals surface area (Å²) in [6.07, 6.45) is 14.9. The monoisotopic (exact) mass is 1130 g/mol. The second-order valence-corrected chi connectivity index (χ2v) is 21.8. The first-order valence-electron chi connectivity index (χ1n) is 29.6. The van der Waals surface area contributed by atoms with Gasteiger partial charge in [-0.15, -0.1) is 0 Å². The molecule has 0 aliphatic carbocycles. The topological polar surface area (TPSA) is 70.0 Å². The molecular weight excluding hydrogens is 1070 g/mol. The molecule has 0 amide bonds. The quantitative estimate of drug-likeness (QED) is 0.0846. The van der Waals surface area contributed by atoms with Crippen molar-refractivity contribution in [2.24, 2.45) is 0 Å². The van der Waals surface area contributed by atoms with Crippen LogP contribution >= 0.6 is 0 Å². The molecule has 6 heteroatoms. The fourth-order valence-electron chi connectivity index (χ4n) is 11.5. The van der Waals surface area contributed by atoms with Crippen LogP contribution < -0.4 is 9.47 Å². The maximum atomic E-state index is 6.23. The number of hydrogen-bond acceptors (Lipinski definition) is 6. The van der Waals surface area contributed by atoms with Crippen LogP contribution in [0.25, 0.3) is 134 Å². The van der Waals surface area contributed by atoms with E-state index in [0.29, 0.717) is 13.2 Å². The van der Waals surface area contributed by atoms with Gasteiger partial charge in [0.05, 0.1) is 0 Å². The Hall–Kier alpha value is -11.6. The Morgan fingerprint density at radius 2 is 0.352 bits per heavy atom. The van der Waals surface area contributed by atoms with Crippen LogP contribution in [0, 0.1) is 0 Å². The Balaban J connectivity index is 0.659. The van der Waals surface area contributed by atoms with Crippen LogP contribution in [0.5, 0.6) is 11.5 Å². The van der Waals surface area contributed by atoms with Gasteiger partial charge in [0.25, 0.3) is 0 Å². The first-order chi connectivity index (χ1) is 43.5. The van der Waals surface area contributed by atoms with Gasteiger partial charge < -0.3 is 9.47 Å². The Bertz CT molecular complexity index is 4200. The number of benzene rings is 10. The molecular formula is C82H58N4O2. The molecule has 0 radical (unpaired) electrons. The molecule has 0 fully saturated rings. The number of aromatic nitrogens is 4. The molecule has 0 N–H and O–H groups in total. The van der Waals surface area contributed by atoms with Crippen LogP contribution in [0.3, 0.4) is 0 Å². The van der Waals surface area contributed by atoms with Crippen LogP contribution in [0.1, 0.15) is 0 Å². The SMILES string of the molecule is c1cncc(-c2cccc(-c3cc(-c4cccc(-c5ccc(OCCOc6ccc(-c7cccc(-c8cc(-c9cccc(-c%10cccnc%10)c9)cc(-c9cccc(-c%10cccnc%10)c9)c8)c7)cc6)cc5)c4)cc(-c4cccc(-c5cccnc5)c4)c3)c2)c1. The molecule has 0 aliphatic rings. The van der Waals surface area contributed by atoms with E-state index in [4.69, 9.17) is 9.47 Å². The lowest BCUT2D eigenvalue weighted by atomic mass is 9.90. The number of hydrogen-bond donors (Lipinski definition) is 0. The van der Waals surface area contributed by atoms with E-state index in [0.717, 1.165) is 145 Å². The van der Waals surface area contributed by atoms with Gasteiger partial charge in [-0.1, -0.05) is 158 Å². The minimum absolute atomic E-state index is 0.399. The Kier molecular flexibility index (Phi) is 15.6. The molecule has 0 aliphatic heterocycles. The molecule has 0 atom stereocenters. The first-order valence-corrected chi connectivity index (χ1v) is 29.6. The lowest BCUT2D eigenvalue weighted by Crippen LogP contribution is -2.08. The van der Waals surface area contributed by atoms with Crippen molar-refractivity contribution >= 4 is 0 Å². The molecule has 0 saturated heterocycles. The standard InChI is InChI=1S/C82H58N4O2/c1-11-59(41-65(17-1)75-47-77(67-19-3-13-61(43-67)71-23-7-35-83-53-71)51-78(48-75)68-20-4-14-62(44-68)72-24-8-36-84-54-72)57-27-31-81(32-28-57)87-39-40-88-82-33-29-58(30-34-82)60-12-2-18-66(42-60)76-49-79(69-21-5-15-63(45-69)73-25-9-37-85-55-73)52-80(50-76)70-22-6-16-64(46-70)74-26-10-38-86-56-74/h1-38,41-56H,39-40H2. The highest BCUT2D eigenvalue weighted by Gasteiger charge is 2.14. The van der Waals surface area contributed by atoms with E-state index < -0.39 is 0 Å². The van der Waals surface area contributed by atoms with Crippen LogP contribution in [0.2, 0.25) is 0 Å². The van der Waals surface area contributed by atoms with Gasteiger partial charge in [-0.05, 0) is 233 Å². The fraction of sp³-hybridized carbons (Fsp3) is 0.0244. The summed E-state index contributed by atoms with van der Waals surface area (Å²) in [4.78, 5) is 17.6. The van der Waals surface area contributed by atoms with Crippen molar-refractivity contribution in [3.63, 3.8) is 0 Å². The Morgan fingerprint density at radius 1 is 0.170 bits per heavy atom. The van der Waals surface area contributed by atoms with Crippen LogP contribution in [0.15, 0.2) is 329 Å². The van der Waals surface area contributed by atoms with Crippen molar-refractivity contribution in [3.05, 3.63) is 329 Å². The number of ether oxygens (including phenoxy) is 2. The molecule has 6 nitrogen and oxygen atoms in total. The highest BCUT2D eigenvalue weighted by molar-refractivity contribution is 5.88. The third-order valence-corrected chi connectivity index (χ3v) is 16.0. The zero-order chi connectivity index (χ0) is 58.9. The third-order valence-electron chi connectivity index (χ3n) is 16.0. The van der Waals surface area contributed by atoms with Crippen molar-refractivity contribution in [3.8, 4) is 145 Å². The summed E-state index contributed by atoms with van der Waals surface area (Å²) in [7, 11) is 0. The average Bonchev–Trinajstić information content (AvgIpc) is 2.15. The minimum Gasteiger partial charge on any atom is -0.490 e. The van der Waals surface area contributed by atoms with E-state index in [-0.39, 0.29) is 0 Å². The van der Waals surface area contributed by atoms with Crippen molar-refractivity contribution in [2.45, 2.75) is 0 Å². The Morgan fingerprint density at radius 3 is 0.557 bits per heavy atom. The van der Waals surface area contributed by atoms with Gasteiger partial charge in [-0.3, -0.25) is 19.9 Å². The van der Waals surface area contributed by atoms with Gasteiger partial charge in [-0.2, -0.15) is 0 Å². The molecule has 4 aromatic heterocycles. The number of nitrogens with zero attached hydrogens (tertiary/aromatic N) is 4. The van der Waals surface area contributed by atoms with E-state index in [2.05, 4.69) is 250 Å². The zero-order valence-corrected chi connectivity index (χ0v) is 48.2. The molecule has 14 aromatic rings. The van der Waals surface area contributed by atoms with Gasteiger partial charge in [0.15, 0.2) is 0 Å². The summed E-state index contributed by atoms with van der Waals surface area (Å²) in [5.41, 5.74) is 26.8. The van der Waals surface area contributed by atoms with E-state index in [1.807, 2.05) is 98.1 Å². The van der Waals surface area contributed by atoms with Crippen LogP contribution in [-0.2, 0) is 0 Å². The summed E-state index contributed by atoms with van der Waals surface area (Å²) in [5.74, 6) is 1.57. The number of pyridine rings is 4. The summed E-state index contributed by atoms with van der Waals surface area (Å²) < 4.78 is 12.5. The van der Waals surface area contributed by atoms with E-state index in [1.54, 1.807) is 0 Å². The van der Waals surface area contributed by atoms with Gasteiger partial charge in [0.2, 0.25) is 0 Å². The average molecular weight is 1130 g/mol. The minimum atomic E-state index is 0.399. The van der Waals surface area contributed by atoms with Gasteiger partial charge in [0.1, 0.15) is 24.7 Å². The molecule has 4 heterocycles. The summed E-state index contributed by atoms with van der Waals surface area (Å²) in [6, 6.07) is 99.2. The van der Waals surface area contributed by atoms with Crippen molar-refractivity contribution in [1.29, 1.82) is 0 Å². The summed E-state index contributed by atoms with van der Waals surface area (Å²) in [5, 5.41) is 0. The van der Waals surface area contributed by atoms with Gasteiger partial charge in [-0.25, -0.2) is 0 Å². The van der Waals surface area contributed by atoms with E-state index in [1.165, 1.54) is 0 Å². The predicted molar refractivity (Wildman–Crippen MR) is 360 cm³/mol. The molecule has 10 aromatic carbocycles. The largest absolute Gasteiger partial charge is 0.490 e. The second-order valence-electron chi connectivity index (χ2n) is 21.8. The Labute approximate surface area is 513 Å².